The summed E-state index contributed by atoms with van der Waals surface area (Å²) in [6.07, 6.45) is 3.84. The van der Waals surface area contributed by atoms with Gasteiger partial charge in [0.25, 0.3) is 0 Å². The molecule has 0 aliphatic heterocycles. The fourth-order valence-corrected chi connectivity index (χ4v) is 2.06. The zero-order valence-corrected chi connectivity index (χ0v) is 10.4. The number of nitrogens with zero attached hydrogens (tertiary/aromatic N) is 2. The minimum Gasteiger partial charge on any atom is -0.330 e. The number of rotatable bonds is 5. The first kappa shape index (κ1) is 11.9. The van der Waals surface area contributed by atoms with Crippen LogP contribution in [0.4, 0.5) is 0 Å². The van der Waals surface area contributed by atoms with Gasteiger partial charge in [-0.1, -0.05) is 37.3 Å². The number of hydrogen-bond donors (Lipinski definition) is 1. The summed E-state index contributed by atoms with van der Waals surface area (Å²) in [6, 6.07) is 10.4. The van der Waals surface area contributed by atoms with Crippen LogP contribution in [0.2, 0.25) is 0 Å². The van der Waals surface area contributed by atoms with Crippen molar-refractivity contribution in [2.45, 2.75) is 13.5 Å². The van der Waals surface area contributed by atoms with Crippen LogP contribution in [0.1, 0.15) is 6.92 Å². The van der Waals surface area contributed by atoms with Crippen LogP contribution in [0.3, 0.4) is 0 Å². The van der Waals surface area contributed by atoms with Crippen molar-refractivity contribution in [1.29, 1.82) is 0 Å². The third kappa shape index (κ3) is 2.94. The van der Waals surface area contributed by atoms with Crippen LogP contribution in [-0.2, 0) is 6.54 Å². The highest BCUT2D eigenvalue weighted by Gasteiger charge is 2.07. The van der Waals surface area contributed by atoms with E-state index in [1.165, 1.54) is 11.3 Å². The van der Waals surface area contributed by atoms with E-state index in [1.54, 1.807) is 0 Å². The normalized spacial score (nSPS) is 12.6. The summed E-state index contributed by atoms with van der Waals surface area (Å²) >= 11 is 0. The lowest BCUT2D eigenvalue weighted by molar-refractivity contribution is 0.464. The molecule has 0 saturated carbocycles. The molecule has 0 amide bonds. The third-order valence-electron chi connectivity index (χ3n) is 2.84. The molecule has 0 saturated heterocycles. The van der Waals surface area contributed by atoms with Gasteiger partial charge in [-0.3, -0.25) is 0 Å². The molecule has 0 aliphatic carbocycles. The Kier molecular flexibility index (Phi) is 3.94. The van der Waals surface area contributed by atoms with Gasteiger partial charge in [-0.25, -0.2) is 4.98 Å². The van der Waals surface area contributed by atoms with E-state index in [1.807, 2.05) is 25.6 Å². The van der Waals surface area contributed by atoms with Gasteiger partial charge >= 0.3 is 0 Å². The van der Waals surface area contributed by atoms with Gasteiger partial charge in [-0.15, -0.1) is 0 Å². The van der Waals surface area contributed by atoms with E-state index in [9.17, 15) is 0 Å². The van der Waals surface area contributed by atoms with Crippen LogP contribution < -0.4 is 5.32 Å². The molecule has 0 spiro atoms. The Morgan fingerprint density at radius 1 is 1.29 bits per heavy atom. The molecule has 0 fully saturated rings. The van der Waals surface area contributed by atoms with E-state index < -0.39 is 0 Å². The Morgan fingerprint density at radius 3 is 2.76 bits per heavy atom. The van der Waals surface area contributed by atoms with E-state index in [0.29, 0.717) is 5.92 Å². The highest BCUT2D eigenvalue weighted by Crippen LogP contribution is 2.19. The molecule has 0 radical (unpaired) electrons. The smallest absolute Gasteiger partial charge is 0.0951 e. The summed E-state index contributed by atoms with van der Waals surface area (Å²) in [5, 5.41) is 3.21. The van der Waals surface area contributed by atoms with E-state index in [-0.39, 0.29) is 0 Å². The highest BCUT2D eigenvalue weighted by molar-refractivity contribution is 5.58. The third-order valence-corrected chi connectivity index (χ3v) is 2.84. The molecule has 1 N–H and O–H groups in total. The zero-order chi connectivity index (χ0) is 12.1. The number of nitrogens with one attached hydrogen (secondary N) is 1. The van der Waals surface area contributed by atoms with Crippen LogP contribution in [0.15, 0.2) is 42.9 Å². The van der Waals surface area contributed by atoms with Gasteiger partial charge in [0.05, 0.1) is 18.2 Å². The maximum Gasteiger partial charge on any atom is 0.0951 e. The van der Waals surface area contributed by atoms with Crippen molar-refractivity contribution in [2.24, 2.45) is 5.92 Å². The summed E-state index contributed by atoms with van der Waals surface area (Å²) < 4.78 is 2.22. The second-order valence-corrected chi connectivity index (χ2v) is 4.46. The lowest BCUT2D eigenvalue weighted by atomic mass is 10.1. The molecular formula is C14H19N3. The molecule has 3 nitrogen and oxygen atoms in total. The fraction of sp³-hybridized carbons (Fsp3) is 0.357. The summed E-state index contributed by atoms with van der Waals surface area (Å²) in [5.74, 6) is 0.594. The Labute approximate surface area is 103 Å². The summed E-state index contributed by atoms with van der Waals surface area (Å²) in [6.45, 7) is 4.25. The van der Waals surface area contributed by atoms with Crippen molar-refractivity contribution in [3.8, 4) is 11.3 Å². The monoisotopic (exact) mass is 229 g/mol. The SMILES string of the molecule is CNCC(C)Cn1cncc1-c1ccccc1. The van der Waals surface area contributed by atoms with Crippen LogP contribution in [0.25, 0.3) is 11.3 Å². The Balaban J connectivity index is 2.18. The van der Waals surface area contributed by atoms with E-state index in [0.717, 1.165) is 13.1 Å². The quantitative estimate of drug-likeness (QED) is 0.853. The van der Waals surface area contributed by atoms with Gasteiger partial charge in [0.2, 0.25) is 0 Å². The van der Waals surface area contributed by atoms with Gasteiger partial charge in [0.15, 0.2) is 0 Å². The van der Waals surface area contributed by atoms with Crippen LogP contribution in [0, 0.1) is 5.92 Å². The first-order valence-electron chi connectivity index (χ1n) is 6.01. The van der Waals surface area contributed by atoms with Crippen molar-refractivity contribution < 1.29 is 0 Å². The lowest BCUT2D eigenvalue weighted by Crippen LogP contribution is -2.20. The average molecular weight is 229 g/mol. The van der Waals surface area contributed by atoms with Crippen molar-refractivity contribution >= 4 is 0 Å². The molecule has 2 rings (SSSR count). The number of hydrogen-bond acceptors (Lipinski definition) is 2. The second-order valence-electron chi connectivity index (χ2n) is 4.46. The van der Waals surface area contributed by atoms with Crippen molar-refractivity contribution in [3.05, 3.63) is 42.9 Å². The maximum absolute atomic E-state index is 4.25. The van der Waals surface area contributed by atoms with E-state index in [4.69, 9.17) is 0 Å². The number of aromatic nitrogens is 2. The molecular weight excluding hydrogens is 210 g/mol. The van der Waals surface area contributed by atoms with E-state index >= 15 is 0 Å². The number of imidazole rings is 1. The number of benzene rings is 1. The largest absolute Gasteiger partial charge is 0.330 e. The Morgan fingerprint density at radius 2 is 2.06 bits per heavy atom. The zero-order valence-electron chi connectivity index (χ0n) is 10.4. The fourth-order valence-electron chi connectivity index (χ4n) is 2.06. The topological polar surface area (TPSA) is 29.9 Å². The molecule has 0 bridgehead atoms. The predicted octanol–water partition coefficient (Wildman–Crippen LogP) is 2.41. The van der Waals surface area contributed by atoms with E-state index in [2.05, 4.69) is 46.1 Å². The molecule has 0 aliphatic rings. The minimum absolute atomic E-state index is 0.594. The van der Waals surface area contributed by atoms with Gasteiger partial charge in [0.1, 0.15) is 0 Å². The first-order valence-corrected chi connectivity index (χ1v) is 6.01. The minimum atomic E-state index is 0.594. The predicted molar refractivity (Wildman–Crippen MR) is 70.8 cm³/mol. The molecule has 1 aromatic heterocycles. The van der Waals surface area contributed by atoms with Crippen LogP contribution >= 0.6 is 0 Å². The molecule has 3 heteroatoms. The van der Waals surface area contributed by atoms with Gasteiger partial charge in [0, 0.05) is 6.54 Å². The molecule has 1 unspecified atom stereocenters. The Hall–Kier alpha value is -1.61. The lowest BCUT2D eigenvalue weighted by Gasteiger charge is -2.14. The Bertz CT molecular complexity index is 448. The van der Waals surface area contributed by atoms with Crippen LogP contribution in [0.5, 0.6) is 0 Å². The van der Waals surface area contributed by atoms with Crippen molar-refractivity contribution in [3.63, 3.8) is 0 Å². The average Bonchev–Trinajstić information content (AvgIpc) is 2.78. The molecule has 90 valence electrons. The standard InChI is InChI=1S/C14H19N3/c1-12(8-15-2)10-17-11-16-9-14(17)13-6-4-3-5-7-13/h3-7,9,11-12,15H,8,10H2,1-2H3. The summed E-state index contributed by atoms with van der Waals surface area (Å²) in [7, 11) is 1.99. The van der Waals surface area contributed by atoms with Crippen molar-refractivity contribution in [2.75, 3.05) is 13.6 Å². The summed E-state index contributed by atoms with van der Waals surface area (Å²) in [5.41, 5.74) is 2.41. The van der Waals surface area contributed by atoms with Crippen molar-refractivity contribution in [1.82, 2.24) is 14.9 Å². The summed E-state index contributed by atoms with van der Waals surface area (Å²) in [4.78, 5) is 4.25. The molecule has 1 heterocycles. The molecule has 2 aromatic rings. The van der Waals surface area contributed by atoms with Gasteiger partial charge in [-0.2, -0.15) is 0 Å². The highest BCUT2D eigenvalue weighted by atomic mass is 15.0. The molecule has 1 aromatic carbocycles. The second kappa shape index (κ2) is 5.64. The molecule has 1 atom stereocenters. The van der Waals surface area contributed by atoms with Gasteiger partial charge < -0.3 is 9.88 Å². The van der Waals surface area contributed by atoms with Gasteiger partial charge in [-0.05, 0) is 25.1 Å². The first-order chi connectivity index (χ1) is 8.31. The van der Waals surface area contributed by atoms with Crippen LogP contribution in [-0.4, -0.2) is 23.1 Å². The molecule has 17 heavy (non-hydrogen) atoms. The maximum atomic E-state index is 4.25.